The Hall–Kier alpha value is -2.99. The highest BCUT2D eigenvalue weighted by Gasteiger charge is 2.22. The van der Waals surface area contributed by atoms with E-state index in [1.54, 1.807) is 4.72 Å². The van der Waals surface area contributed by atoms with Crippen molar-refractivity contribution in [2.24, 2.45) is 0 Å². The second kappa shape index (κ2) is 15.8. The van der Waals surface area contributed by atoms with Crippen LogP contribution in [0.1, 0.15) is 58.3 Å². The molecule has 0 aliphatic carbocycles. The average Bonchev–Trinajstić information content (AvgIpc) is 2.81. The fourth-order valence-electron chi connectivity index (χ4n) is 2.92. The molecule has 4 amide bonds. The third-order valence-corrected chi connectivity index (χ3v) is 6.12. The number of aliphatic hydroxyl groups excluding tert-OH is 1. The molecule has 190 valence electrons. The molecule has 0 spiro atoms. The van der Waals surface area contributed by atoms with Gasteiger partial charge in [-0.05, 0) is 30.7 Å². The Balaban J connectivity index is 2.42. The van der Waals surface area contributed by atoms with Crippen LogP contribution < -0.4 is 20.7 Å². The van der Waals surface area contributed by atoms with Crippen LogP contribution in [0.5, 0.6) is 0 Å². The molecule has 5 N–H and O–H groups in total. The summed E-state index contributed by atoms with van der Waals surface area (Å²) < 4.78 is 26.0. The number of aliphatic hydroxyl groups is 1. The number of amides is 4. The Kier molecular flexibility index (Phi) is 13.5. The zero-order valence-corrected chi connectivity index (χ0v) is 20.2. The summed E-state index contributed by atoms with van der Waals surface area (Å²) in [5.41, 5.74) is 0.179. The van der Waals surface area contributed by atoms with Gasteiger partial charge in [-0.3, -0.25) is 19.2 Å². The molecule has 12 heteroatoms. The van der Waals surface area contributed by atoms with Gasteiger partial charge in [0.25, 0.3) is 10.0 Å². The van der Waals surface area contributed by atoms with Crippen LogP contribution in [0.3, 0.4) is 0 Å². The molecule has 0 aromatic heterocycles. The monoisotopic (exact) mass is 498 g/mol. The number of anilines is 1. The van der Waals surface area contributed by atoms with Gasteiger partial charge in [-0.15, -0.1) is 0 Å². The van der Waals surface area contributed by atoms with Gasteiger partial charge in [0.2, 0.25) is 0 Å². The van der Waals surface area contributed by atoms with Crippen molar-refractivity contribution >= 4 is 39.3 Å². The molecular weight excluding hydrogens is 464 g/mol. The lowest BCUT2D eigenvalue weighted by Gasteiger charge is -2.09. The molecule has 0 saturated carbocycles. The van der Waals surface area contributed by atoms with Crippen LogP contribution in [-0.2, 0) is 29.2 Å². The molecule has 1 rings (SSSR count). The first-order chi connectivity index (χ1) is 16.2. The minimum absolute atomic E-state index is 0.179. The lowest BCUT2D eigenvalue weighted by molar-refractivity contribution is -0.138. The van der Waals surface area contributed by atoms with Gasteiger partial charge in [-0.2, -0.15) is 0 Å². The summed E-state index contributed by atoms with van der Waals surface area (Å²) in [6, 6.07) is 4.70. The van der Waals surface area contributed by atoms with Crippen LogP contribution in [-0.4, -0.2) is 56.8 Å². The normalized spacial score (nSPS) is 10.9. The standard InChI is InChI=1S/C22H34N4O7S/c1-2-3-4-5-6-7-8-9-14-23-19(28)21(30)25-17-10-12-18(13-11-17)34(32,33)26-22(31)20(29)24-15-16-27/h10-13,27H,2-9,14-16H2,1H3,(H,23,28)(H,24,29)(H,25,30)(H,26,31). The maximum atomic E-state index is 12.2. The first kappa shape index (κ1) is 29.0. The Bertz CT molecular complexity index is 918. The van der Waals surface area contributed by atoms with Crippen LogP contribution in [0.25, 0.3) is 0 Å². The SMILES string of the molecule is CCCCCCCCCCNC(=O)C(=O)Nc1ccc(S(=O)(=O)NC(=O)C(=O)NCCO)cc1. The predicted octanol–water partition coefficient (Wildman–Crippen LogP) is 0.795. The predicted molar refractivity (Wildman–Crippen MR) is 126 cm³/mol. The summed E-state index contributed by atoms with van der Waals surface area (Å²) in [6.07, 6.45) is 8.95. The maximum Gasteiger partial charge on any atom is 0.322 e. The molecule has 0 unspecified atom stereocenters. The summed E-state index contributed by atoms with van der Waals surface area (Å²) in [7, 11) is -4.33. The number of carbonyl (C=O) groups excluding carboxylic acids is 4. The van der Waals surface area contributed by atoms with Crippen LogP contribution in [0, 0.1) is 0 Å². The van der Waals surface area contributed by atoms with Crippen molar-refractivity contribution in [3.05, 3.63) is 24.3 Å². The number of hydrogen-bond acceptors (Lipinski definition) is 7. The van der Waals surface area contributed by atoms with Crippen molar-refractivity contribution in [3.8, 4) is 0 Å². The van der Waals surface area contributed by atoms with E-state index in [0.29, 0.717) is 6.54 Å². The molecular formula is C22H34N4O7S. The van der Waals surface area contributed by atoms with Crippen molar-refractivity contribution in [2.75, 3.05) is 25.0 Å². The number of benzene rings is 1. The van der Waals surface area contributed by atoms with E-state index < -0.39 is 40.3 Å². The van der Waals surface area contributed by atoms with Crippen molar-refractivity contribution in [2.45, 2.75) is 63.2 Å². The van der Waals surface area contributed by atoms with Gasteiger partial charge < -0.3 is 21.1 Å². The maximum absolute atomic E-state index is 12.2. The molecule has 0 fully saturated rings. The van der Waals surface area contributed by atoms with Crippen LogP contribution in [0.15, 0.2) is 29.2 Å². The van der Waals surface area contributed by atoms with E-state index in [4.69, 9.17) is 5.11 Å². The van der Waals surface area contributed by atoms with Crippen molar-refractivity contribution in [1.82, 2.24) is 15.4 Å². The molecule has 0 aliphatic heterocycles. The van der Waals surface area contributed by atoms with E-state index in [1.807, 2.05) is 5.32 Å². The molecule has 0 bridgehead atoms. The van der Waals surface area contributed by atoms with Crippen LogP contribution in [0.2, 0.25) is 0 Å². The van der Waals surface area contributed by atoms with Gasteiger partial charge in [0.1, 0.15) is 0 Å². The molecule has 1 aromatic carbocycles. The van der Waals surface area contributed by atoms with Gasteiger partial charge in [0, 0.05) is 18.8 Å². The van der Waals surface area contributed by atoms with Gasteiger partial charge in [0.05, 0.1) is 11.5 Å². The zero-order chi connectivity index (χ0) is 25.4. The van der Waals surface area contributed by atoms with Gasteiger partial charge in [-0.25, -0.2) is 13.1 Å². The van der Waals surface area contributed by atoms with Gasteiger partial charge >= 0.3 is 23.6 Å². The second-order valence-electron chi connectivity index (χ2n) is 7.62. The average molecular weight is 499 g/mol. The summed E-state index contributed by atoms with van der Waals surface area (Å²) in [6.45, 7) is 1.96. The Morgan fingerprint density at radius 2 is 1.26 bits per heavy atom. The minimum Gasteiger partial charge on any atom is -0.395 e. The number of rotatable bonds is 14. The number of sulfonamides is 1. The fourth-order valence-corrected chi connectivity index (χ4v) is 3.87. The topological polar surface area (TPSA) is 171 Å². The van der Waals surface area contributed by atoms with Crippen molar-refractivity contribution in [1.29, 1.82) is 0 Å². The largest absolute Gasteiger partial charge is 0.395 e. The van der Waals surface area contributed by atoms with Crippen molar-refractivity contribution < 1.29 is 32.7 Å². The van der Waals surface area contributed by atoms with Crippen LogP contribution >= 0.6 is 0 Å². The third-order valence-electron chi connectivity index (χ3n) is 4.78. The molecule has 0 atom stereocenters. The highest BCUT2D eigenvalue weighted by atomic mass is 32.2. The van der Waals surface area contributed by atoms with Crippen LogP contribution in [0.4, 0.5) is 5.69 Å². The summed E-state index contributed by atoms with van der Waals surface area (Å²) >= 11 is 0. The smallest absolute Gasteiger partial charge is 0.322 e. The highest BCUT2D eigenvalue weighted by molar-refractivity contribution is 7.90. The molecule has 34 heavy (non-hydrogen) atoms. The summed E-state index contributed by atoms with van der Waals surface area (Å²) in [5.74, 6) is -4.29. The number of hydrogen-bond donors (Lipinski definition) is 5. The second-order valence-corrected chi connectivity index (χ2v) is 9.31. The Labute approximate surface area is 200 Å². The third kappa shape index (κ3) is 11.2. The fraction of sp³-hybridized carbons (Fsp3) is 0.545. The van der Waals surface area contributed by atoms with Crippen molar-refractivity contribution in [3.63, 3.8) is 0 Å². The molecule has 1 aromatic rings. The first-order valence-corrected chi connectivity index (χ1v) is 12.8. The molecule has 0 heterocycles. The lowest BCUT2D eigenvalue weighted by atomic mass is 10.1. The van der Waals surface area contributed by atoms with E-state index in [0.717, 1.165) is 31.4 Å². The van der Waals surface area contributed by atoms with Gasteiger partial charge in [0.15, 0.2) is 0 Å². The van der Waals surface area contributed by atoms with Gasteiger partial charge in [-0.1, -0.05) is 51.9 Å². The van der Waals surface area contributed by atoms with E-state index in [-0.39, 0.29) is 17.1 Å². The molecule has 0 aliphatic rings. The number of unbranched alkanes of at least 4 members (excludes halogenated alkanes) is 7. The minimum atomic E-state index is -4.33. The molecule has 0 radical (unpaired) electrons. The number of nitrogens with one attached hydrogen (secondary N) is 4. The lowest BCUT2D eigenvalue weighted by Crippen LogP contribution is -2.43. The molecule has 11 nitrogen and oxygen atoms in total. The van der Waals surface area contributed by atoms with E-state index in [9.17, 15) is 27.6 Å². The summed E-state index contributed by atoms with van der Waals surface area (Å²) in [4.78, 5) is 46.7. The Morgan fingerprint density at radius 1 is 0.735 bits per heavy atom. The number of carbonyl (C=O) groups is 4. The van der Waals surface area contributed by atoms with E-state index in [2.05, 4.69) is 17.6 Å². The Morgan fingerprint density at radius 3 is 1.85 bits per heavy atom. The quantitative estimate of drug-likeness (QED) is 0.186. The van der Waals surface area contributed by atoms with E-state index >= 15 is 0 Å². The highest BCUT2D eigenvalue weighted by Crippen LogP contribution is 2.14. The summed E-state index contributed by atoms with van der Waals surface area (Å²) in [5, 5.41) is 15.6. The first-order valence-electron chi connectivity index (χ1n) is 11.4. The van der Waals surface area contributed by atoms with E-state index in [1.165, 1.54) is 44.2 Å². The zero-order valence-electron chi connectivity index (χ0n) is 19.4. The molecule has 0 saturated heterocycles.